The zero-order chi connectivity index (χ0) is 13.5. The van der Waals surface area contributed by atoms with Crippen molar-refractivity contribution in [2.75, 3.05) is 6.54 Å². The van der Waals surface area contributed by atoms with Crippen molar-refractivity contribution in [1.29, 1.82) is 0 Å². The van der Waals surface area contributed by atoms with Crippen LogP contribution in [0.3, 0.4) is 0 Å². The van der Waals surface area contributed by atoms with Gasteiger partial charge in [-0.1, -0.05) is 25.1 Å². The Morgan fingerprint density at radius 1 is 1.21 bits per heavy atom. The molecule has 4 heteroatoms. The molecule has 0 radical (unpaired) electrons. The Kier molecular flexibility index (Phi) is 3.54. The summed E-state index contributed by atoms with van der Waals surface area (Å²) in [6.07, 6.45) is 9.25. The first-order chi connectivity index (χ1) is 9.13. The molecule has 0 aromatic heterocycles. The van der Waals surface area contributed by atoms with Gasteiger partial charge in [0.1, 0.15) is 0 Å². The lowest BCUT2D eigenvalue weighted by Gasteiger charge is -2.27. The van der Waals surface area contributed by atoms with Crippen LogP contribution < -0.4 is 11.1 Å². The second-order valence-corrected chi connectivity index (χ2v) is 7.14. The van der Waals surface area contributed by atoms with Crippen LogP contribution in [0.25, 0.3) is 0 Å². The Morgan fingerprint density at radius 3 is 2.16 bits per heavy atom. The maximum absolute atomic E-state index is 12.5. The predicted octanol–water partition coefficient (Wildman–Crippen LogP) is 2.39. The van der Waals surface area contributed by atoms with Gasteiger partial charge in [0, 0.05) is 6.54 Å². The zero-order valence-corrected chi connectivity index (χ0v) is 12.3. The van der Waals surface area contributed by atoms with Gasteiger partial charge >= 0.3 is 0 Å². The Labute approximate surface area is 120 Å². The van der Waals surface area contributed by atoms with Gasteiger partial charge in [-0.15, -0.1) is 0 Å². The average Bonchev–Trinajstić information content (AvgIpc) is 3.30. The van der Waals surface area contributed by atoms with E-state index in [-0.39, 0.29) is 5.91 Å². The van der Waals surface area contributed by atoms with Crippen LogP contribution in [-0.2, 0) is 4.79 Å². The third kappa shape index (κ3) is 2.64. The van der Waals surface area contributed by atoms with Crippen LogP contribution in [0.4, 0.5) is 0 Å². The molecule has 0 aromatic rings. The lowest BCUT2D eigenvalue weighted by molar-refractivity contribution is -0.127. The SMILES string of the molecule is NC(=S)C1(C(=O)NCC(C2CC2)C2CC2)CCCC1. The number of nitrogens with two attached hydrogens (primary N) is 1. The lowest BCUT2D eigenvalue weighted by Crippen LogP contribution is -2.48. The first-order valence-corrected chi connectivity index (χ1v) is 8.12. The van der Waals surface area contributed by atoms with Crippen molar-refractivity contribution < 1.29 is 4.79 Å². The standard InChI is InChI=1S/C15H24N2OS/c16-13(19)15(7-1-2-8-15)14(18)17-9-12(10-3-4-10)11-5-6-11/h10-12H,1-9H2,(H2,16,19)(H,17,18). The van der Waals surface area contributed by atoms with Gasteiger partial charge in [-0.2, -0.15) is 0 Å². The molecule has 106 valence electrons. The van der Waals surface area contributed by atoms with Gasteiger partial charge < -0.3 is 11.1 Å². The molecule has 0 aliphatic heterocycles. The molecule has 19 heavy (non-hydrogen) atoms. The number of hydrogen-bond acceptors (Lipinski definition) is 2. The van der Waals surface area contributed by atoms with Crippen LogP contribution in [0.1, 0.15) is 51.4 Å². The predicted molar refractivity (Wildman–Crippen MR) is 79.6 cm³/mol. The molecule has 3 N–H and O–H groups in total. The highest BCUT2D eigenvalue weighted by atomic mass is 32.1. The minimum Gasteiger partial charge on any atom is -0.392 e. The number of amides is 1. The van der Waals surface area contributed by atoms with Crippen LogP contribution in [0.2, 0.25) is 0 Å². The van der Waals surface area contributed by atoms with E-state index in [1.54, 1.807) is 0 Å². The summed E-state index contributed by atoms with van der Waals surface area (Å²) in [5.41, 5.74) is 5.32. The van der Waals surface area contributed by atoms with E-state index in [9.17, 15) is 4.79 Å². The maximum Gasteiger partial charge on any atom is 0.233 e. The van der Waals surface area contributed by atoms with Crippen LogP contribution in [0.5, 0.6) is 0 Å². The molecule has 0 unspecified atom stereocenters. The highest BCUT2D eigenvalue weighted by Crippen LogP contribution is 2.49. The zero-order valence-electron chi connectivity index (χ0n) is 11.5. The number of carbonyl (C=O) groups is 1. The van der Waals surface area contributed by atoms with Crippen LogP contribution in [0.15, 0.2) is 0 Å². The molecule has 3 aliphatic carbocycles. The van der Waals surface area contributed by atoms with Crippen molar-refractivity contribution in [3.05, 3.63) is 0 Å². The van der Waals surface area contributed by atoms with E-state index < -0.39 is 5.41 Å². The molecule has 3 aliphatic rings. The van der Waals surface area contributed by atoms with Crippen molar-refractivity contribution in [3.63, 3.8) is 0 Å². The Balaban J connectivity index is 1.58. The fourth-order valence-corrected chi connectivity index (χ4v) is 4.01. The highest BCUT2D eigenvalue weighted by Gasteiger charge is 2.45. The van der Waals surface area contributed by atoms with E-state index in [1.807, 2.05) is 0 Å². The third-order valence-electron chi connectivity index (χ3n) is 5.32. The summed E-state index contributed by atoms with van der Waals surface area (Å²) in [4.78, 5) is 12.9. The maximum atomic E-state index is 12.5. The van der Waals surface area contributed by atoms with Crippen molar-refractivity contribution in [1.82, 2.24) is 5.32 Å². The Morgan fingerprint density at radius 2 is 1.74 bits per heavy atom. The summed E-state index contributed by atoms with van der Waals surface area (Å²) in [6, 6.07) is 0. The molecule has 3 fully saturated rings. The van der Waals surface area contributed by atoms with Gasteiger partial charge in [-0.05, 0) is 56.3 Å². The quantitative estimate of drug-likeness (QED) is 0.735. The van der Waals surface area contributed by atoms with E-state index in [0.29, 0.717) is 10.9 Å². The topological polar surface area (TPSA) is 55.1 Å². The summed E-state index contributed by atoms with van der Waals surface area (Å²) in [6.45, 7) is 0.846. The van der Waals surface area contributed by atoms with Crippen LogP contribution >= 0.6 is 12.2 Å². The van der Waals surface area contributed by atoms with E-state index in [0.717, 1.165) is 44.1 Å². The van der Waals surface area contributed by atoms with Crippen molar-refractivity contribution in [2.24, 2.45) is 28.9 Å². The molecule has 0 atom stereocenters. The molecule has 3 rings (SSSR count). The third-order valence-corrected chi connectivity index (χ3v) is 5.71. The fraction of sp³-hybridized carbons (Fsp3) is 0.867. The number of hydrogen-bond donors (Lipinski definition) is 2. The molecule has 3 nitrogen and oxygen atoms in total. The highest BCUT2D eigenvalue weighted by molar-refractivity contribution is 7.80. The molecular weight excluding hydrogens is 256 g/mol. The molecule has 0 bridgehead atoms. The molecule has 1 amide bonds. The van der Waals surface area contributed by atoms with E-state index >= 15 is 0 Å². The molecule has 3 saturated carbocycles. The number of carbonyl (C=O) groups excluding carboxylic acids is 1. The van der Waals surface area contributed by atoms with Gasteiger partial charge in [-0.25, -0.2) is 0 Å². The molecule has 0 spiro atoms. The molecule has 0 aromatic carbocycles. The summed E-state index contributed by atoms with van der Waals surface area (Å²) in [5, 5.41) is 3.18. The van der Waals surface area contributed by atoms with E-state index in [1.165, 1.54) is 25.7 Å². The van der Waals surface area contributed by atoms with Gasteiger partial charge in [0.2, 0.25) is 5.91 Å². The van der Waals surface area contributed by atoms with E-state index in [2.05, 4.69) is 5.32 Å². The second-order valence-electron chi connectivity index (χ2n) is 6.70. The van der Waals surface area contributed by atoms with Crippen molar-refractivity contribution >= 4 is 23.1 Å². The van der Waals surface area contributed by atoms with Gasteiger partial charge in [0.15, 0.2) is 0 Å². The molecule has 0 saturated heterocycles. The first-order valence-electron chi connectivity index (χ1n) is 7.72. The summed E-state index contributed by atoms with van der Waals surface area (Å²) in [5.74, 6) is 2.56. The van der Waals surface area contributed by atoms with Crippen LogP contribution in [0, 0.1) is 23.2 Å². The summed E-state index contributed by atoms with van der Waals surface area (Å²) < 4.78 is 0. The lowest BCUT2D eigenvalue weighted by atomic mass is 9.84. The average molecular weight is 280 g/mol. The summed E-state index contributed by atoms with van der Waals surface area (Å²) in [7, 11) is 0. The minimum absolute atomic E-state index is 0.101. The number of rotatable bonds is 6. The fourth-order valence-electron chi connectivity index (χ4n) is 3.71. The molecule has 0 heterocycles. The first kappa shape index (κ1) is 13.3. The Hall–Kier alpha value is -0.640. The van der Waals surface area contributed by atoms with Gasteiger partial charge in [0.25, 0.3) is 0 Å². The van der Waals surface area contributed by atoms with Crippen molar-refractivity contribution in [2.45, 2.75) is 51.4 Å². The van der Waals surface area contributed by atoms with Gasteiger partial charge in [-0.3, -0.25) is 4.79 Å². The minimum atomic E-state index is -0.535. The van der Waals surface area contributed by atoms with Crippen molar-refractivity contribution in [3.8, 4) is 0 Å². The van der Waals surface area contributed by atoms with E-state index in [4.69, 9.17) is 18.0 Å². The largest absolute Gasteiger partial charge is 0.392 e. The molecular formula is C15H24N2OS. The van der Waals surface area contributed by atoms with Crippen LogP contribution in [-0.4, -0.2) is 17.4 Å². The van der Waals surface area contributed by atoms with Gasteiger partial charge in [0.05, 0.1) is 10.4 Å². The summed E-state index contributed by atoms with van der Waals surface area (Å²) >= 11 is 5.17. The second kappa shape index (κ2) is 5.04. The number of thiocarbonyl (C=S) groups is 1. The monoisotopic (exact) mass is 280 g/mol. The Bertz CT molecular complexity index is 370. The number of nitrogens with one attached hydrogen (secondary N) is 1. The normalized spacial score (nSPS) is 25.5. The smallest absolute Gasteiger partial charge is 0.233 e.